The van der Waals surface area contributed by atoms with E-state index in [-0.39, 0.29) is 30.1 Å². The first kappa shape index (κ1) is 17.9. The molecule has 0 saturated carbocycles. The lowest BCUT2D eigenvalue weighted by molar-refractivity contribution is -0.126. The number of rotatable bonds is 4. The molecule has 8 heteroatoms. The molecule has 1 atom stereocenters. The summed E-state index contributed by atoms with van der Waals surface area (Å²) in [6, 6.07) is 0. The van der Waals surface area contributed by atoms with Crippen molar-refractivity contribution in [1.82, 2.24) is 15.2 Å². The minimum Gasteiger partial charge on any atom is -0.355 e. The van der Waals surface area contributed by atoms with Gasteiger partial charge < -0.3 is 16.0 Å². The first-order chi connectivity index (χ1) is 9.61. The van der Waals surface area contributed by atoms with Crippen LogP contribution in [0.25, 0.3) is 0 Å². The molecule has 2 rings (SSSR count). The molecule has 0 spiro atoms. The van der Waals surface area contributed by atoms with Crippen LogP contribution in [0.15, 0.2) is 6.20 Å². The average molecular weight is 333 g/mol. The van der Waals surface area contributed by atoms with Crippen LogP contribution in [0.5, 0.6) is 0 Å². The van der Waals surface area contributed by atoms with Crippen LogP contribution in [0.4, 0.5) is 0 Å². The summed E-state index contributed by atoms with van der Waals surface area (Å²) < 4.78 is 0. The van der Waals surface area contributed by atoms with Crippen molar-refractivity contribution < 1.29 is 9.59 Å². The van der Waals surface area contributed by atoms with E-state index in [4.69, 9.17) is 5.73 Å². The Kier molecular flexibility index (Phi) is 7.07. The van der Waals surface area contributed by atoms with Crippen molar-refractivity contribution in [3.63, 3.8) is 0 Å². The molecule has 1 aliphatic heterocycles. The fourth-order valence-corrected chi connectivity index (χ4v) is 3.08. The Morgan fingerprint density at radius 2 is 2.33 bits per heavy atom. The Bertz CT molecular complexity index is 494. The van der Waals surface area contributed by atoms with Gasteiger partial charge in [0, 0.05) is 26.2 Å². The van der Waals surface area contributed by atoms with Crippen LogP contribution in [0.1, 0.15) is 27.5 Å². The Hall–Kier alpha value is -1.18. The number of hydrogen-bond acceptors (Lipinski definition) is 5. The highest BCUT2D eigenvalue weighted by Crippen LogP contribution is 2.21. The summed E-state index contributed by atoms with van der Waals surface area (Å²) in [6.07, 6.45) is 3.28. The number of nitrogens with zero attached hydrogens (tertiary/aromatic N) is 2. The fraction of sp³-hybridized carbons (Fsp3) is 0.615. The van der Waals surface area contributed by atoms with E-state index in [1.165, 1.54) is 11.3 Å². The summed E-state index contributed by atoms with van der Waals surface area (Å²) in [7, 11) is 0. The highest BCUT2D eigenvalue weighted by atomic mass is 35.5. The van der Waals surface area contributed by atoms with Crippen LogP contribution in [0.2, 0.25) is 0 Å². The monoisotopic (exact) mass is 332 g/mol. The summed E-state index contributed by atoms with van der Waals surface area (Å²) >= 11 is 1.39. The van der Waals surface area contributed by atoms with Crippen LogP contribution in [0, 0.1) is 12.8 Å². The van der Waals surface area contributed by atoms with E-state index < -0.39 is 0 Å². The second-order valence-electron chi connectivity index (χ2n) is 4.91. The van der Waals surface area contributed by atoms with E-state index in [1.54, 1.807) is 11.1 Å². The highest BCUT2D eigenvalue weighted by molar-refractivity contribution is 7.13. The van der Waals surface area contributed by atoms with Crippen molar-refractivity contribution in [1.29, 1.82) is 0 Å². The molecule has 2 amide bonds. The van der Waals surface area contributed by atoms with Gasteiger partial charge in [-0.15, -0.1) is 23.7 Å². The molecule has 1 fully saturated rings. The molecular weight excluding hydrogens is 312 g/mol. The smallest absolute Gasteiger partial charge is 0.265 e. The average Bonchev–Trinajstić information content (AvgIpc) is 2.90. The maximum Gasteiger partial charge on any atom is 0.265 e. The number of likely N-dealkylation sites (tertiary alicyclic amines) is 1. The van der Waals surface area contributed by atoms with Gasteiger partial charge in [-0.3, -0.25) is 9.59 Å². The summed E-state index contributed by atoms with van der Waals surface area (Å²) in [4.78, 5) is 30.8. The number of carbonyl (C=O) groups excluding carboxylic acids is 2. The first-order valence-corrected chi connectivity index (χ1v) is 7.63. The van der Waals surface area contributed by atoms with Crippen LogP contribution in [-0.2, 0) is 4.79 Å². The predicted octanol–water partition coefficient (Wildman–Crippen LogP) is 0.800. The number of thiazole rings is 1. The largest absolute Gasteiger partial charge is 0.355 e. The number of nitrogens with two attached hydrogens (primary N) is 1. The molecule has 6 nitrogen and oxygen atoms in total. The third-order valence-electron chi connectivity index (χ3n) is 3.36. The van der Waals surface area contributed by atoms with E-state index in [0.717, 1.165) is 17.8 Å². The molecule has 1 aliphatic rings. The molecule has 0 bridgehead atoms. The van der Waals surface area contributed by atoms with Gasteiger partial charge in [0.1, 0.15) is 4.88 Å². The molecule has 1 unspecified atom stereocenters. The number of nitrogens with one attached hydrogen (secondary N) is 1. The van der Waals surface area contributed by atoms with E-state index in [2.05, 4.69) is 10.3 Å². The number of carbonyl (C=O) groups is 2. The third kappa shape index (κ3) is 4.66. The van der Waals surface area contributed by atoms with Crippen LogP contribution < -0.4 is 11.1 Å². The molecule has 0 radical (unpaired) electrons. The Morgan fingerprint density at radius 1 is 1.57 bits per heavy atom. The molecule has 118 valence electrons. The van der Waals surface area contributed by atoms with Crippen molar-refractivity contribution in [3.8, 4) is 0 Å². The molecule has 1 aromatic heterocycles. The topological polar surface area (TPSA) is 88.3 Å². The zero-order chi connectivity index (χ0) is 14.5. The second kappa shape index (κ2) is 8.31. The fourth-order valence-electron chi connectivity index (χ4n) is 2.33. The van der Waals surface area contributed by atoms with Crippen molar-refractivity contribution in [2.45, 2.75) is 19.8 Å². The van der Waals surface area contributed by atoms with Crippen LogP contribution in [0.3, 0.4) is 0 Å². The lowest BCUT2D eigenvalue weighted by Crippen LogP contribution is -2.46. The molecular formula is C13H21ClN4O2S. The molecule has 1 aromatic rings. The van der Waals surface area contributed by atoms with E-state index >= 15 is 0 Å². The van der Waals surface area contributed by atoms with Gasteiger partial charge in [-0.2, -0.15) is 0 Å². The quantitative estimate of drug-likeness (QED) is 0.853. The molecule has 1 saturated heterocycles. The van der Waals surface area contributed by atoms with Gasteiger partial charge in [-0.25, -0.2) is 4.98 Å². The maximum atomic E-state index is 12.3. The van der Waals surface area contributed by atoms with Gasteiger partial charge in [0.25, 0.3) is 5.91 Å². The van der Waals surface area contributed by atoms with Gasteiger partial charge in [-0.1, -0.05) is 0 Å². The standard InChI is InChI=1S/C13H20N4O2S.ClH/c1-9-16-7-11(20-9)13(19)17-6-2-3-10(8-17)12(18)15-5-4-14;/h7,10H,2-6,8,14H2,1H3,(H,15,18);1H. The van der Waals surface area contributed by atoms with Crippen LogP contribution >= 0.6 is 23.7 Å². The SMILES string of the molecule is Cc1ncc(C(=O)N2CCCC(C(=O)NCCN)C2)s1.Cl. The third-order valence-corrected chi connectivity index (χ3v) is 4.26. The number of aromatic nitrogens is 1. The molecule has 21 heavy (non-hydrogen) atoms. The number of aryl methyl sites for hydroxylation is 1. The van der Waals surface area contributed by atoms with Gasteiger partial charge in [0.05, 0.1) is 17.1 Å². The van der Waals surface area contributed by atoms with Crippen molar-refractivity contribution in [2.24, 2.45) is 11.7 Å². The molecule has 2 heterocycles. The summed E-state index contributed by atoms with van der Waals surface area (Å²) in [6.45, 7) is 3.97. The Morgan fingerprint density at radius 3 is 2.95 bits per heavy atom. The lowest BCUT2D eigenvalue weighted by Gasteiger charge is -2.31. The summed E-state index contributed by atoms with van der Waals surface area (Å²) in [5.74, 6) is -0.159. The lowest BCUT2D eigenvalue weighted by atomic mass is 9.97. The maximum absolute atomic E-state index is 12.3. The first-order valence-electron chi connectivity index (χ1n) is 6.81. The van der Waals surface area contributed by atoms with E-state index in [0.29, 0.717) is 31.1 Å². The molecule has 0 aliphatic carbocycles. The van der Waals surface area contributed by atoms with Crippen molar-refractivity contribution in [3.05, 3.63) is 16.1 Å². The number of piperidine rings is 1. The van der Waals surface area contributed by atoms with Gasteiger partial charge >= 0.3 is 0 Å². The zero-order valence-corrected chi connectivity index (χ0v) is 13.6. The molecule has 3 N–H and O–H groups in total. The summed E-state index contributed by atoms with van der Waals surface area (Å²) in [5, 5.41) is 3.67. The number of halogens is 1. The summed E-state index contributed by atoms with van der Waals surface area (Å²) in [5.41, 5.74) is 5.38. The number of hydrogen-bond donors (Lipinski definition) is 2. The Labute approximate surface area is 134 Å². The van der Waals surface area contributed by atoms with E-state index in [1.807, 2.05) is 6.92 Å². The minimum absolute atomic E-state index is 0. The van der Waals surface area contributed by atoms with Gasteiger partial charge in [-0.05, 0) is 19.8 Å². The Balaban J connectivity index is 0.00000220. The van der Waals surface area contributed by atoms with Crippen LogP contribution in [-0.4, -0.2) is 47.9 Å². The van der Waals surface area contributed by atoms with Crippen molar-refractivity contribution >= 4 is 35.6 Å². The predicted molar refractivity (Wildman–Crippen MR) is 84.8 cm³/mol. The normalized spacial score (nSPS) is 18.0. The molecule has 0 aromatic carbocycles. The van der Waals surface area contributed by atoms with Crippen molar-refractivity contribution in [2.75, 3.05) is 26.2 Å². The highest BCUT2D eigenvalue weighted by Gasteiger charge is 2.29. The number of amides is 2. The minimum atomic E-state index is -0.131. The van der Waals surface area contributed by atoms with Gasteiger partial charge in [0.2, 0.25) is 5.91 Å². The van der Waals surface area contributed by atoms with E-state index in [9.17, 15) is 9.59 Å². The zero-order valence-electron chi connectivity index (χ0n) is 12.0. The van der Waals surface area contributed by atoms with Gasteiger partial charge in [0.15, 0.2) is 0 Å². The second-order valence-corrected chi connectivity index (χ2v) is 6.15.